The van der Waals surface area contributed by atoms with Crippen LogP contribution in [-0.4, -0.2) is 19.9 Å². The zero-order valence-corrected chi connectivity index (χ0v) is 12.1. The third kappa shape index (κ3) is 2.20. The van der Waals surface area contributed by atoms with Crippen LogP contribution in [-0.2, 0) is 6.54 Å². The molecule has 0 unspecified atom stereocenters. The lowest BCUT2D eigenvalue weighted by Gasteiger charge is -2.07. The lowest BCUT2D eigenvalue weighted by atomic mass is 10.0. The molecule has 23 heavy (non-hydrogen) atoms. The van der Waals surface area contributed by atoms with Crippen LogP contribution in [0.2, 0.25) is 0 Å². The van der Waals surface area contributed by atoms with Crippen LogP contribution in [0.3, 0.4) is 0 Å². The van der Waals surface area contributed by atoms with Crippen LogP contribution >= 0.6 is 0 Å². The molecule has 0 aliphatic carbocycles. The third-order valence-corrected chi connectivity index (χ3v) is 3.91. The first kappa shape index (κ1) is 13.4. The highest BCUT2D eigenvalue weighted by Crippen LogP contribution is 2.30. The maximum atomic E-state index is 11.6. The molecule has 0 amide bonds. The van der Waals surface area contributed by atoms with Crippen LogP contribution in [0.5, 0.6) is 0 Å². The van der Waals surface area contributed by atoms with Gasteiger partial charge in [-0.3, -0.25) is 10.1 Å². The molecule has 0 saturated carbocycles. The number of nitro benzene ring substituents is 1. The average Bonchev–Trinajstić information content (AvgIpc) is 2.97. The summed E-state index contributed by atoms with van der Waals surface area (Å²) in [5.74, 6) is 0. The molecule has 1 aromatic heterocycles. The molecule has 4 rings (SSSR count). The van der Waals surface area contributed by atoms with Gasteiger partial charge in [-0.25, -0.2) is 4.68 Å². The Bertz CT molecular complexity index is 1040. The second-order valence-corrected chi connectivity index (χ2v) is 5.29. The zero-order chi connectivity index (χ0) is 15.8. The van der Waals surface area contributed by atoms with E-state index in [0.717, 1.165) is 16.4 Å². The zero-order valence-electron chi connectivity index (χ0n) is 12.1. The highest BCUT2D eigenvalue weighted by molar-refractivity contribution is 5.92. The van der Waals surface area contributed by atoms with E-state index < -0.39 is 0 Å². The van der Waals surface area contributed by atoms with E-state index in [1.807, 2.05) is 48.5 Å². The minimum Gasteiger partial charge on any atom is -0.258 e. The van der Waals surface area contributed by atoms with Crippen LogP contribution in [0.25, 0.3) is 21.8 Å². The fourth-order valence-electron chi connectivity index (χ4n) is 2.84. The summed E-state index contributed by atoms with van der Waals surface area (Å²) in [5.41, 5.74) is 2.37. The first-order valence-corrected chi connectivity index (χ1v) is 7.17. The van der Waals surface area contributed by atoms with Crippen LogP contribution < -0.4 is 0 Å². The van der Waals surface area contributed by atoms with Crippen molar-refractivity contribution in [3.8, 4) is 0 Å². The maximum Gasteiger partial charge on any atom is 0.282 e. The standard InChI is InChI=1S/C17H12N4O2/c22-21(23)17-13(10-9-12-5-1-2-6-14(12)17)11-20-16-8-4-3-7-15(16)18-19-20/h1-10H,11H2. The Morgan fingerprint density at radius 3 is 2.65 bits per heavy atom. The number of fused-ring (bicyclic) bond motifs is 2. The molecule has 112 valence electrons. The van der Waals surface area contributed by atoms with Crippen molar-refractivity contribution in [1.29, 1.82) is 0 Å². The average molecular weight is 304 g/mol. The van der Waals surface area contributed by atoms with E-state index in [-0.39, 0.29) is 10.6 Å². The lowest BCUT2D eigenvalue weighted by molar-refractivity contribution is -0.383. The number of benzene rings is 3. The minimum absolute atomic E-state index is 0.127. The summed E-state index contributed by atoms with van der Waals surface area (Å²) in [6, 6.07) is 18.6. The molecular formula is C17H12N4O2. The Hall–Kier alpha value is -3.28. The summed E-state index contributed by atoms with van der Waals surface area (Å²) in [6.45, 7) is 0.307. The third-order valence-electron chi connectivity index (χ3n) is 3.91. The molecular weight excluding hydrogens is 292 g/mol. The molecule has 1 heterocycles. The number of hydrogen-bond donors (Lipinski definition) is 0. The van der Waals surface area contributed by atoms with Gasteiger partial charge in [0.1, 0.15) is 5.52 Å². The van der Waals surface area contributed by atoms with E-state index in [4.69, 9.17) is 0 Å². The number of aromatic nitrogens is 3. The normalized spacial score (nSPS) is 11.1. The molecule has 0 fully saturated rings. The van der Waals surface area contributed by atoms with Gasteiger partial charge in [0.2, 0.25) is 0 Å². The van der Waals surface area contributed by atoms with E-state index in [1.165, 1.54) is 0 Å². The predicted octanol–water partition coefficient (Wildman–Crippen LogP) is 3.54. The maximum absolute atomic E-state index is 11.6. The highest BCUT2D eigenvalue weighted by Gasteiger charge is 2.19. The number of nitrogens with zero attached hydrogens (tertiary/aromatic N) is 4. The minimum atomic E-state index is -0.323. The second kappa shape index (κ2) is 5.17. The van der Waals surface area contributed by atoms with Gasteiger partial charge >= 0.3 is 0 Å². The van der Waals surface area contributed by atoms with E-state index in [1.54, 1.807) is 16.8 Å². The molecule has 0 spiro atoms. The number of para-hydroxylation sites is 1. The molecule has 6 heteroatoms. The number of hydrogen-bond acceptors (Lipinski definition) is 4. The monoisotopic (exact) mass is 304 g/mol. The van der Waals surface area contributed by atoms with Gasteiger partial charge in [0.05, 0.1) is 27.9 Å². The van der Waals surface area contributed by atoms with E-state index in [0.29, 0.717) is 17.5 Å². The van der Waals surface area contributed by atoms with Crippen molar-refractivity contribution in [2.24, 2.45) is 0 Å². The van der Waals surface area contributed by atoms with Crippen LogP contribution in [0.1, 0.15) is 5.56 Å². The van der Waals surface area contributed by atoms with Gasteiger partial charge < -0.3 is 0 Å². The molecule has 0 radical (unpaired) electrons. The number of rotatable bonds is 3. The van der Waals surface area contributed by atoms with Crippen molar-refractivity contribution in [2.75, 3.05) is 0 Å². The van der Waals surface area contributed by atoms with Crippen molar-refractivity contribution in [2.45, 2.75) is 6.54 Å². The summed E-state index contributed by atoms with van der Waals surface area (Å²) in [5, 5.41) is 21.3. The predicted molar refractivity (Wildman–Crippen MR) is 87.2 cm³/mol. The Labute approximate surface area is 131 Å². The van der Waals surface area contributed by atoms with Gasteiger partial charge in [0.25, 0.3) is 5.69 Å². The van der Waals surface area contributed by atoms with Crippen molar-refractivity contribution < 1.29 is 4.92 Å². The van der Waals surface area contributed by atoms with Gasteiger partial charge in [0, 0.05) is 0 Å². The molecule has 0 aliphatic rings. The molecule has 4 aromatic rings. The van der Waals surface area contributed by atoms with Crippen molar-refractivity contribution in [3.63, 3.8) is 0 Å². The second-order valence-electron chi connectivity index (χ2n) is 5.29. The van der Waals surface area contributed by atoms with Gasteiger partial charge in [-0.2, -0.15) is 0 Å². The first-order chi connectivity index (χ1) is 11.2. The Balaban J connectivity index is 1.89. The Morgan fingerprint density at radius 2 is 1.78 bits per heavy atom. The molecule has 6 nitrogen and oxygen atoms in total. The largest absolute Gasteiger partial charge is 0.282 e. The van der Waals surface area contributed by atoms with E-state index in [9.17, 15) is 10.1 Å². The topological polar surface area (TPSA) is 73.8 Å². The van der Waals surface area contributed by atoms with E-state index in [2.05, 4.69) is 10.3 Å². The molecule has 0 bridgehead atoms. The van der Waals surface area contributed by atoms with Crippen LogP contribution in [0.4, 0.5) is 5.69 Å². The van der Waals surface area contributed by atoms with Crippen molar-refractivity contribution in [3.05, 3.63) is 76.3 Å². The number of nitro groups is 1. The highest BCUT2D eigenvalue weighted by atomic mass is 16.6. The fourth-order valence-corrected chi connectivity index (χ4v) is 2.84. The van der Waals surface area contributed by atoms with Gasteiger partial charge in [-0.1, -0.05) is 41.6 Å². The Morgan fingerprint density at radius 1 is 1.00 bits per heavy atom. The Kier molecular flexibility index (Phi) is 3.01. The van der Waals surface area contributed by atoms with Gasteiger partial charge in [-0.15, -0.1) is 5.10 Å². The molecule has 0 saturated heterocycles. The molecule has 0 aliphatic heterocycles. The molecule has 0 atom stereocenters. The van der Waals surface area contributed by atoms with E-state index >= 15 is 0 Å². The fraction of sp³-hybridized carbons (Fsp3) is 0.0588. The van der Waals surface area contributed by atoms with Gasteiger partial charge in [0.15, 0.2) is 0 Å². The molecule has 0 N–H and O–H groups in total. The van der Waals surface area contributed by atoms with Crippen LogP contribution in [0.15, 0.2) is 60.7 Å². The summed E-state index contributed by atoms with van der Waals surface area (Å²) < 4.78 is 1.69. The lowest BCUT2D eigenvalue weighted by Crippen LogP contribution is -2.05. The SMILES string of the molecule is O=[N+]([O-])c1c(Cn2nnc3ccccc32)ccc2ccccc12. The summed E-state index contributed by atoms with van der Waals surface area (Å²) in [7, 11) is 0. The summed E-state index contributed by atoms with van der Waals surface area (Å²) in [4.78, 5) is 11.3. The summed E-state index contributed by atoms with van der Waals surface area (Å²) >= 11 is 0. The summed E-state index contributed by atoms with van der Waals surface area (Å²) in [6.07, 6.45) is 0. The van der Waals surface area contributed by atoms with Crippen molar-refractivity contribution >= 4 is 27.5 Å². The smallest absolute Gasteiger partial charge is 0.258 e. The first-order valence-electron chi connectivity index (χ1n) is 7.17. The van der Waals surface area contributed by atoms with Gasteiger partial charge in [-0.05, 0) is 29.7 Å². The van der Waals surface area contributed by atoms with Crippen LogP contribution in [0, 0.1) is 10.1 Å². The van der Waals surface area contributed by atoms with Crippen molar-refractivity contribution in [1.82, 2.24) is 15.0 Å². The molecule has 3 aromatic carbocycles. The quantitative estimate of drug-likeness (QED) is 0.428.